The van der Waals surface area contributed by atoms with E-state index in [0.29, 0.717) is 27.1 Å². The highest BCUT2D eigenvalue weighted by Gasteiger charge is 2.15. The van der Waals surface area contributed by atoms with Gasteiger partial charge in [-0.2, -0.15) is 5.10 Å². The third kappa shape index (κ3) is 4.30. The zero-order valence-corrected chi connectivity index (χ0v) is 13.8. The van der Waals surface area contributed by atoms with Crippen LogP contribution in [-0.4, -0.2) is 30.2 Å². The van der Waals surface area contributed by atoms with Crippen molar-refractivity contribution < 1.29 is 4.92 Å². The maximum absolute atomic E-state index is 11.1. The van der Waals surface area contributed by atoms with Crippen molar-refractivity contribution in [1.29, 1.82) is 0 Å². The van der Waals surface area contributed by atoms with Crippen LogP contribution in [0.25, 0.3) is 0 Å². The average molecular weight is 354 g/mol. The Morgan fingerprint density at radius 3 is 2.70 bits per heavy atom. The van der Waals surface area contributed by atoms with Crippen LogP contribution in [0.15, 0.2) is 35.6 Å². The Hall–Kier alpha value is -2.38. The van der Waals surface area contributed by atoms with Crippen molar-refractivity contribution in [2.45, 2.75) is 0 Å². The van der Waals surface area contributed by atoms with E-state index in [2.05, 4.69) is 15.5 Å². The number of benzene rings is 1. The maximum Gasteiger partial charge on any atom is 0.293 e. The van der Waals surface area contributed by atoms with Crippen LogP contribution in [0.4, 0.5) is 17.2 Å². The van der Waals surface area contributed by atoms with Gasteiger partial charge in [-0.25, -0.2) is 4.98 Å². The predicted molar refractivity (Wildman–Crippen MR) is 92.9 cm³/mol. The summed E-state index contributed by atoms with van der Waals surface area (Å²) in [7, 11) is 3.48. The quantitative estimate of drug-likeness (QED) is 0.501. The summed E-state index contributed by atoms with van der Waals surface area (Å²) in [6, 6.07) is 6.36. The van der Waals surface area contributed by atoms with Crippen LogP contribution in [0.3, 0.4) is 0 Å². The zero-order valence-electron chi connectivity index (χ0n) is 12.3. The lowest BCUT2D eigenvalue weighted by Crippen LogP contribution is -2.11. The molecule has 1 aromatic carbocycles. The van der Waals surface area contributed by atoms with Crippen molar-refractivity contribution in [2.24, 2.45) is 5.10 Å². The molecule has 23 heavy (non-hydrogen) atoms. The van der Waals surface area contributed by atoms with E-state index in [1.54, 1.807) is 31.1 Å². The molecule has 2 rings (SSSR count). The number of nitro benzene ring substituents is 1. The van der Waals surface area contributed by atoms with Crippen molar-refractivity contribution in [1.82, 2.24) is 4.98 Å². The summed E-state index contributed by atoms with van der Waals surface area (Å²) in [5.74, 6) is 0.340. The van der Waals surface area contributed by atoms with Crippen LogP contribution in [0.5, 0.6) is 0 Å². The van der Waals surface area contributed by atoms with Gasteiger partial charge in [0.15, 0.2) is 5.82 Å². The molecule has 0 fully saturated rings. The molecule has 0 spiro atoms. The van der Waals surface area contributed by atoms with Crippen molar-refractivity contribution in [3.05, 3.63) is 56.2 Å². The third-order valence-electron chi connectivity index (χ3n) is 2.87. The first kappa shape index (κ1) is 17.0. The molecule has 2 aromatic rings. The summed E-state index contributed by atoms with van der Waals surface area (Å²) in [6.07, 6.45) is 2.88. The molecule has 120 valence electrons. The number of anilines is 2. The van der Waals surface area contributed by atoms with Crippen LogP contribution in [0, 0.1) is 10.1 Å². The van der Waals surface area contributed by atoms with E-state index < -0.39 is 4.92 Å². The Morgan fingerprint density at radius 1 is 1.35 bits per heavy atom. The van der Waals surface area contributed by atoms with Crippen LogP contribution in [-0.2, 0) is 0 Å². The summed E-state index contributed by atoms with van der Waals surface area (Å²) in [6.45, 7) is 0. The van der Waals surface area contributed by atoms with Gasteiger partial charge in [0.25, 0.3) is 5.69 Å². The lowest BCUT2D eigenvalue weighted by atomic mass is 10.2. The van der Waals surface area contributed by atoms with Crippen LogP contribution in [0.1, 0.15) is 5.56 Å². The van der Waals surface area contributed by atoms with Crippen molar-refractivity contribution in [3.8, 4) is 0 Å². The highest BCUT2D eigenvalue weighted by Crippen LogP contribution is 2.27. The van der Waals surface area contributed by atoms with Crippen LogP contribution < -0.4 is 10.3 Å². The zero-order chi connectivity index (χ0) is 17.0. The van der Waals surface area contributed by atoms with Gasteiger partial charge < -0.3 is 4.90 Å². The number of nitrogens with zero attached hydrogens (tertiary/aromatic N) is 4. The van der Waals surface area contributed by atoms with Gasteiger partial charge in [0.2, 0.25) is 0 Å². The summed E-state index contributed by atoms with van der Waals surface area (Å²) in [5, 5.41) is 15.8. The number of nitro groups is 1. The molecular formula is C14H13Cl2N5O2. The second kappa shape index (κ2) is 7.26. The summed E-state index contributed by atoms with van der Waals surface area (Å²) in [4.78, 5) is 16.4. The van der Waals surface area contributed by atoms with Crippen LogP contribution >= 0.6 is 23.2 Å². The number of hydrogen-bond acceptors (Lipinski definition) is 6. The molecule has 0 atom stereocenters. The van der Waals surface area contributed by atoms with Gasteiger partial charge in [-0.05, 0) is 12.1 Å². The molecule has 0 amide bonds. The molecule has 0 radical (unpaired) electrons. The highest BCUT2D eigenvalue weighted by molar-refractivity contribution is 6.35. The SMILES string of the molecule is CN(C)c1ccc(/C=N\Nc2ncc(Cl)cc2Cl)cc1[N+](=O)[O-]. The average Bonchev–Trinajstić information content (AvgIpc) is 2.49. The number of pyridine rings is 1. The normalized spacial score (nSPS) is 10.8. The summed E-state index contributed by atoms with van der Waals surface area (Å²) < 4.78 is 0. The largest absolute Gasteiger partial charge is 0.372 e. The molecule has 0 saturated carbocycles. The Balaban J connectivity index is 2.19. The molecule has 1 heterocycles. The molecule has 0 aliphatic rings. The van der Waals surface area contributed by atoms with E-state index in [-0.39, 0.29) is 5.69 Å². The number of hydrogen-bond donors (Lipinski definition) is 1. The molecule has 0 aliphatic carbocycles. The third-order valence-corrected chi connectivity index (χ3v) is 3.36. The Bertz CT molecular complexity index is 765. The molecule has 1 aromatic heterocycles. The van der Waals surface area contributed by atoms with E-state index in [4.69, 9.17) is 23.2 Å². The van der Waals surface area contributed by atoms with E-state index in [0.717, 1.165) is 0 Å². The lowest BCUT2D eigenvalue weighted by Gasteiger charge is -2.12. The first-order chi connectivity index (χ1) is 10.9. The van der Waals surface area contributed by atoms with Gasteiger partial charge >= 0.3 is 0 Å². The fraction of sp³-hybridized carbons (Fsp3) is 0.143. The molecular weight excluding hydrogens is 341 g/mol. The van der Waals surface area contributed by atoms with Gasteiger partial charge in [-0.3, -0.25) is 15.5 Å². The summed E-state index contributed by atoms with van der Waals surface area (Å²) in [5.41, 5.74) is 3.75. The Labute approximate surface area is 142 Å². The number of aromatic nitrogens is 1. The maximum atomic E-state index is 11.1. The molecule has 0 bridgehead atoms. The van der Waals surface area contributed by atoms with Crippen molar-refractivity contribution >= 4 is 46.6 Å². The second-order valence-corrected chi connectivity index (χ2v) is 5.60. The number of rotatable bonds is 5. The minimum absolute atomic E-state index is 0.00148. The number of nitrogens with one attached hydrogen (secondary N) is 1. The summed E-state index contributed by atoms with van der Waals surface area (Å²) >= 11 is 11.7. The standard InChI is InChI=1S/C14H13Cl2N5O2/c1-20(2)12-4-3-9(5-13(12)21(22)23)7-18-19-14-11(16)6-10(15)8-17-14/h3-8H,1-2H3,(H,17,19)/b18-7-. The minimum Gasteiger partial charge on any atom is -0.372 e. The fourth-order valence-corrected chi connectivity index (χ4v) is 2.23. The topological polar surface area (TPSA) is 83.7 Å². The van der Waals surface area contributed by atoms with Gasteiger partial charge in [-0.1, -0.05) is 29.3 Å². The van der Waals surface area contributed by atoms with Crippen molar-refractivity contribution in [2.75, 3.05) is 24.4 Å². The minimum atomic E-state index is -0.433. The van der Waals surface area contributed by atoms with E-state index in [1.165, 1.54) is 24.5 Å². The Kier molecular flexibility index (Phi) is 5.36. The smallest absolute Gasteiger partial charge is 0.293 e. The van der Waals surface area contributed by atoms with Gasteiger partial charge in [0.05, 0.1) is 21.2 Å². The van der Waals surface area contributed by atoms with E-state index >= 15 is 0 Å². The fourth-order valence-electron chi connectivity index (χ4n) is 1.81. The predicted octanol–water partition coefficient (Wildman–Crippen LogP) is 3.81. The van der Waals surface area contributed by atoms with Crippen molar-refractivity contribution in [3.63, 3.8) is 0 Å². The lowest BCUT2D eigenvalue weighted by molar-refractivity contribution is -0.384. The van der Waals surface area contributed by atoms with Crippen LogP contribution in [0.2, 0.25) is 10.0 Å². The molecule has 1 N–H and O–H groups in total. The molecule has 9 heteroatoms. The molecule has 0 saturated heterocycles. The molecule has 0 unspecified atom stereocenters. The second-order valence-electron chi connectivity index (χ2n) is 4.75. The van der Waals surface area contributed by atoms with Gasteiger partial charge in [-0.15, -0.1) is 0 Å². The molecule has 0 aliphatic heterocycles. The highest BCUT2D eigenvalue weighted by atomic mass is 35.5. The van der Waals surface area contributed by atoms with Gasteiger partial charge in [0, 0.05) is 31.9 Å². The van der Waals surface area contributed by atoms with E-state index in [9.17, 15) is 10.1 Å². The van der Waals surface area contributed by atoms with Gasteiger partial charge in [0.1, 0.15) is 5.69 Å². The number of hydrazone groups is 1. The first-order valence-corrected chi connectivity index (χ1v) is 7.20. The first-order valence-electron chi connectivity index (χ1n) is 6.44. The Morgan fingerprint density at radius 2 is 2.09 bits per heavy atom. The monoisotopic (exact) mass is 353 g/mol. The number of halogens is 2. The molecule has 7 nitrogen and oxygen atoms in total. The van der Waals surface area contributed by atoms with E-state index in [1.807, 2.05) is 0 Å².